The molecule has 0 unspecified atom stereocenters. The monoisotopic (exact) mass is 434 g/mol. The molecule has 0 aromatic heterocycles. The first-order valence-corrected chi connectivity index (χ1v) is 12.5. The first-order chi connectivity index (χ1) is 14.8. The minimum atomic E-state index is -3.07. The highest BCUT2D eigenvalue weighted by molar-refractivity contribution is 6.98. The third-order valence-corrected chi connectivity index (χ3v) is 10.7. The zero-order chi connectivity index (χ0) is 22.5. The van der Waals surface area contributed by atoms with E-state index in [4.69, 9.17) is 0 Å². The molecular weight excluding hydrogens is 404 g/mol. The summed E-state index contributed by atoms with van der Waals surface area (Å²) in [5.74, 6) is 0. The second-order valence-electron chi connectivity index (χ2n) is 8.57. The number of hydrogen-bond acceptors (Lipinski definition) is 4. The predicted molar refractivity (Wildman–Crippen MR) is 128 cm³/mol. The molecule has 0 amide bonds. The van der Waals surface area contributed by atoms with Crippen molar-refractivity contribution in [2.45, 2.75) is 38.3 Å². The fourth-order valence-corrected chi connectivity index (χ4v) is 7.99. The number of rotatable bonds is 9. The van der Waals surface area contributed by atoms with Crippen LogP contribution in [0.3, 0.4) is 0 Å². The topological polar surface area (TPSA) is 75.4 Å². The third-order valence-electron chi connectivity index (χ3n) is 6.15. The molecule has 0 saturated carbocycles. The van der Waals surface area contributed by atoms with Gasteiger partial charge in [-0.05, 0) is 46.4 Å². The summed E-state index contributed by atoms with van der Waals surface area (Å²) in [5.41, 5.74) is 2.11. The average Bonchev–Trinajstić information content (AvgIpc) is 2.78. The molecular formula is C25H30N2O3Si. The lowest BCUT2D eigenvalue weighted by molar-refractivity contribution is -0.384. The van der Waals surface area contributed by atoms with Crippen LogP contribution >= 0.6 is 0 Å². The van der Waals surface area contributed by atoms with E-state index in [-0.39, 0.29) is 15.6 Å². The molecule has 0 fully saturated rings. The van der Waals surface area contributed by atoms with Crippen LogP contribution < -0.4 is 15.7 Å². The van der Waals surface area contributed by atoms with Gasteiger partial charge < -0.3 is 10.1 Å². The first kappa shape index (κ1) is 22.9. The van der Waals surface area contributed by atoms with E-state index < -0.39 is 8.32 Å². The summed E-state index contributed by atoms with van der Waals surface area (Å²) in [6.07, 6.45) is 1.49. The molecule has 3 aromatic carbocycles. The molecule has 6 heteroatoms. The molecule has 162 valence electrons. The van der Waals surface area contributed by atoms with Crippen LogP contribution in [0.15, 0.2) is 78.9 Å². The van der Waals surface area contributed by atoms with Crippen LogP contribution in [0.5, 0.6) is 0 Å². The molecule has 0 aliphatic heterocycles. The van der Waals surface area contributed by atoms with E-state index in [0.717, 1.165) is 34.3 Å². The number of benzene rings is 3. The fraction of sp³-hybridized carbons (Fsp3) is 0.280. The van der Waals surface area contributed by atoms with E-state index in [1.54, 1.807) is 12.1 Å². The van der Waals surface area contributed by atoms with E-state index in [0.29, 0.717) is 6.54 Å². The standard InChI is InChI=1S/C25H30N2O3Si/c1-25(2,17-16-20-14-15-22(27(28)29)18-21(20)19-26-3)31(30,23-10-6-4-7-11-23)24-12-8-5-9-13-24/h4-15,18,26,30H,16-17,19H2,1-3H3. The molecule has 5 nitrogen and oxygen atoms in total. The molecule has 0 aliphatic carbocycles. The van der Waals surface area contributed by atoms with E-state index in [9.17, 15) is 14.9 Å². The van der Waals surface area contributed by atoms with Crippen molar-refractivity contribution in [3.63, 3.8) is 0 Å². The summed E-state index contributed by atoms with van der Waals surface area (Å²) in [6, 6.07) is 25.0. The van der Waals surface area contributed by atoms with Gasteiger partial charge >= 0.3 is 0 Å². The highest BCUT2D eigenvalue weighted by Crippen LogP contribution is 2.40. The Kier molecular flexibility index (Phi) is 7.05. The number of nitro benzene ring substituents is 1. The van der Waals surface area contributed by atoms with Gasteiger partial charge in [-0.1, -0.05) is 80.6 Å². The van der Waals surface area contributed by atoms with Crippen LogP contribution in [0.1, 0.15) is 31.4 Å². The van der Waals surface area contributed by atoms with Crippen LogP contribution in [0.4, 0.5) is 5.69 Å². The van der Waals surface area contributed by atoms with Crippen molar-refractivity contribution in [1.82, 2.24) is 5.32 Å². The molecule has 3 rings (SSSR count). The summed E-state index contributed by atoms with van der Waals surface area (Å²) in [7, 11) is -1.24. The van der Waals surface area contributed by atoms with Gasteiger partial charge in [-0.2, -0.15) is 0 Å². The summed E-state index contributed by atoms with van der Waals surface area (Å²) in [6.45, 7) is 4.85. The number of nitrogens with one attached hydrogen (secondary N) is 1. The van der Waals surface area contributed by atoms with Crippen LogP contribution in [0.2, 0.25) is 5.04 Å². The second-order valence-corrected chi connectivity index (χ2v) is 12.5. The Morgan fingerprint density at radius 2 is 1.48 bits per heavy atom. The van der Waals surface area contributed by atoms with Gasteiger partial charge in [-0.15, -0.1) is 0 Å². The van der Waals surface area contributed by atoms with Crippen molar-refractivity contribution in [3.05, 3.63) is 100 Å². The molecule has 0 radical (unpaired) electrons. The SMILES string of the molecule is CNCc1cc([N+](=O)[O-])ccc1CCC(C)(C)[Si](O)(c1ccccc1)c1ccccc1. The van der Waals surface area contributed by atoms with Gasteiger partial charge in [-0.3, -0.25) is 10.1 Å². The zero-order valence-electron chi connectivity index (χ0n) is 18.3. The normalized spacial score (nSPS) is 12.0. The minimum Gasteiger partial charge on any atom is -0.424 e. The van der Waals surface area contributed by atoms with Gasteiger partial charge in [0.1, 0.15) is 0 Å². The molecule has 0 spiro atoms. The van der Waals surface area contributed by atoms with Gasteiger partial charge in [0.15, 0.2) is 0 Å². The second kappa shape index (κ2) is 9.56. The molecule has 0 atom stereocenters. The predicted octanol–water partition coefficient (Wildman–Crippen LogP) is 3.78. The lowest BCUT2D eigenvalue weighted by Crippen LogP contribution is -2.65. The van der Waals surface area contributed by atoms with Gasteiger partial charge in [-0.25, -0.2) is 0 Å². The van der Waals surface area contributed by atoms with E-state index >= 15 is 0 Å². The summed E-state index contributed by atoms with van der Waals surface area (Å²) < 4.78 is 0. The van der Waals surface area contributed by atoms with Crippen LogP contribution in [0, 0.1) is 10.1 Å². The summed E-state index contributed by atoms with van der Waals surface area (Å²) in [5, 5.41) is 15.9. The highest BCUT2D eigenvalue weighted by atomic mass is 28.4. The largest absolute Gasteiger partial charge is 0.424 e. The number of non-ortho nitro benzene ring substituents is 1. The maximum Gasteiger partial charge on any atom is 0.269 e. The Hall–Kier alpha value is -2.80. The average molecular weight is 435 g/mol. The number of hydrogen-bond donors (Lipinski definition) is 2. The number of nitro groups is 1. The Balaban J connectivity index is 1.96. The molecule has 31 heavy (non-hydrogen) atoms. The van der Waals surface area contributed by atoms with Crippen LogP contribution in [-0.4, -0.2) is 25.1 Å². The Bertz CT molecular complexity index is 984. The van der Waals surface area contributed by atoms with Gasteiger partial charge in [0.05, 0.1) is 4.92 Å². The lowest BCUT2D eigenvalue weighted by atomic mass is 9.97. The van der Waals surface area contributed by atoms with Crippen LogP contribution in [0.25, 0.3) is 0 Å². The highest BCUT2D eigenvalue weighted by Gasteiger charge is 2.49. The number of aryl methyl sites for hydroxylation is 1. The maximum atomic E-state index is 12.3. The molecule has 2 N–H and O–H groups in total. The van der Waals surface area contributed by atoms with E-state index in [1.807, 2.05) is 73.8 Å². The fourth-order valence-electron chi connectivity index (χ4n) is 4.26. The summed E-state index contributed by atoms with van der Waals surface area (Å²) >= 11 is 0. The maximum absolute atomic E-state index is 12.3. The van der Waals surface area contributed by atoms with E-state index in [2.05, 4.69) is 19.2 Å². The van der Waals surface area contributed by atoms with Crippen molar-refractivity contribution in [1.29, 1.82) is 0 Å². The third kappa shape index (κ3) is 4.77. The molecule has 3 aromatic rings. The van der Waals surface area contributed by atoms with Gasteiger partial charge in [0.2, 0.25) is 0 Å². The zero-order valence-corrected chi connectivity index (χ0v) is 19.3. The first-order valence-electron chi connectivity index (χ1n) is 10.5. The Labute approximate surface area is 185 Å². The van der Waals surface area contributed by atoms with Crippen molar-refractivity contribution in [3.8, 4) is 0 Å². The van der Waals surface area contributed by atoms with Crippen molar-refractivity contribution in [2.75, 3.05) is 7.05 Å². The van der Waals surface area contributed by atoms with Crippen molar-refractivity contribution < 1.29 is 9.72 Å². The van der Waals surface area contributed by atoms with Crippen molar-refractivity contribution >= 4 is 24.4 Å². The van der Waals surface area contributed by atoms with Crippen molar-refractivity contribution in [2.24, 2.45) is 0 Å². The van der Waals surface area contributed by atoms with Gasteiger partial charge in [0, 0.05) is 18.7 Å². The molecule has 0 saturated heterocycles. The van der Waals surface area contributed by atoms with E-state index in [1.165, 1.54) is 0 Å². The lowest BCUT2D eigenvalue weighted by Gasteiger charge is -2.41. The molecule has 0 heterocycles. The minimum absolute atomic E-state index is 0.104. The smallest absolute Gasteiger partial charge is 0.269 e. The Morgan fingerprint density at radius 3 is 1.97 bits per heavy atom. The van der Waals surface area contributed by atoms with Crippen LogP contribution in [-0.2, 0) is 13.0 Å². The number of nitrogens with zero attached hydrogens (tertiary/aromatic N) is 1. The summed E-state index contributed by atoms with van der Waals surface area (Å²) in [4.78, 5) is 23.1. The van der Waals surface area contributed by atoms with Gasteiger partial charge in [0.25, 0.3) is 14.0 Å². The Morgan fingerprint density at radius 1 is 0.935 bits per heavy atom. The molecule has 0 aliphatic rings. The molecule has 0 bridgehead atoms. The quantitative estimate of drug-likeness (QED) is 0.305.